The lowest BCUT2D eigenvalue weighted by molar-refractivity contribution is 0.185. The van der Waals surface area contributed by atoms with Gasteiger partial charge in [-0.1, -0.05) is 42.8 Å². The van der Waals surface area contributed by atoms with E-state index in [1.165, 1.54) is 37.0 Å². The van der Waals surface area contributed by atoms with Gasteiger partial charge in [0.25, 0.3) is 0 Å². The lowest BCUT2D eigenvalue weighted by atomic mass is 9.86. The van der Waals surface area contributed by atoms with E-state index in [1.54, 1.807) is 7.11 Å². The molecule has 1 N–H and O–H groups in total. The highest BCUT2D eigenvalue weighted by Crippen LogP contribution is 2.34. The topological polar surface area (TPSA) is 33.6 Å². The minimum Gasteiger partial charge on any atom is -0.380 e. The number of para-hydroxylation sites is 1. The highest BCUT2D eigenvalue weighted by atomic mass is 32.2. The lowest BCUT2D eigenvalue weighted by Gasteiger charge is -2.33. The van der Waals surface area contributed by atoms with E-state index in [0.717, 1.165) is 16.8 Å². The number of methoxy groups -OCH3 is 1. The summed E-state index contributed by atoms with van der Waals surface area (Å²) in [5.74, 6) is 2.01. The first-order valence-electron chi connectivity index (χ1n) is 7.41. The molecule has 0 amide bonds. The van der Waals surface area contributed by atoms with Crippen LogP contribution in [0.4, 0.5) is 5.69 Å². The van der Waals surface area contributed by atoms with Crippen LogP contribution in [-0.2, 0) is 11.3 Å². The van der Waals surface area contributed by atoms with Gasteiger partial charge in [0.2, 0.25) is 0 Å². The Morgan fingerprint density at radius 3 is 3.05 bits per heavy atom. The molecule has 0 aromatic heterocycles. The smallest absolute Gasteiger partial charge is 0.161 e. The first-order valence-corrected chi connectivity index (χ1v) is 8.40. The van der Waals surface area contributed by atoms with Crippen LogP contribution < -0.4 is 5.32 Å². The second-order valence-corrected chi connectivity index (χ2v) is 6.58. The second kappa shape index (κ2) is 6.64. The summed E-state index contributed by atoms with van der Waals surface area (Å²) in [6.07, 6.45) is 5.34. The molecule has 1 saturated carbocycles. The molecule has 1 fully saturated rings. The van der Waals surface area contributed by atoms with Crippen LogP contribution in [0, 0.1) is 5.92 Å². The number of nitrogens with one attached hydrogen (secondary N) is 1. The average molecular weight is 290 g/mol. The van der Waals surface area contributed by atoms with Gasteiger partial charge in [-0.2, -0.15) is 0 Å². The van der Waals surface area contributed by atoms with Crippen molar-refractivity contribution < 1.29 is 4.74 Å². The minimum atomic E-state index is 0.544. The van der Waals surface area contributed by atoms with E-state index in [0.29, 0.717) is 12.6 Å². The highest BCUT2D eigenvalue weighted by molar-refractivity contribution is 8.14. The molecule has 1 heterocycles. The van der Waals surface area contributed by atoms with Crippen molar-refractivity contribution in [2.75, 3.05) is 18.2 Å². The van der Waals surface area contributed by atoms with E-state index in [4.69, 9.17) is 9.73 Å². The Balaban J connectivity index is 1.73. The monoisotopic (exact) mass is 290 g/mol. The summed E-state index contributed by atoms with van der Waals surface area (Å²) in [7, 11) is 1.73. The van der Waals surface area contributed by atoms with Crippen molar-refractivity contribution >= 4 is 22.6 Å². The maximum absolute atomic E-state index is 5.26. The Bertz CT molecular complexity index is 489. The van der Waals surface area contributed by atoms with Crippen molar-refractivity contribution in [3.05, 3.63) is 29.8 Å². The Labute approximate surface area is 125 Å². The van der Waals surface area contributed by atoms with Gasteiger partial charge in [-0.05, 0) is 24.8 Å². The molecule has 1 aliphatic carbocycles. The molecule has 1 aromatic carbocycles. The van der Waals surface area contributed by atoms with Gasteiger partial charge >= 0.3 is 0 Å². The first-order chi connectivity index (χ1) is 9.86. The van der Waals surface area contributed by atoms with Gasteiger partial charge in [-0.3, -0.25) is 4.99 Å². The zero-order chi connectivity index (χ0) is 13.8. The van der Waals surface area contributed by atoms with Crippen LogP contribution in [0.2, 0.25) is 0 Å². The van der Waals surface area contributed by atoms with Crippen LogP contribution >= 0.6 is 11.8 Å². The average Bonchev–Trinajstić information content (AvgIpc) is 2.49. The maximum atomic E-state index is 5.26. The number of hydrogen-bond donors (Lipinski definition) is 1. The standard InChI is InChI=1S/C16H22N2OS/c1-19-10-12-6-2-4-8-14(12)17-16-18-15-9-5-3-7-13(15)11-20-16/h2,4,6,8,13,15H,3,5,7,9-11H2,1H3,(H,17,18). The molecule has 1 aromatic rings. The zero-order valence-corrected chi connectivity index (χ0v) is 12.8. The zero-order valence-electron chi connectivity index (χ0n) is 12.0. The minimum absolute atomic E-state index is 0.544. The van der Waals surface area contributed by atoms with Gasteiger partial charge in [0.05, 0.1) is 12.6 Å². The summed E-state index contributed by atoms with van der Waals surface area (Å²) in [4.78, 5) is 4.93. The fourth-order valence-electron chi connectivity index (χ4n) is 3.03. The maximum Gasteiger partial charge on any atom is 0.161 e. The molecule has 1 aliphatic heterocycles. The summed E-state index contributed by atoms with van der Waals surface area (Å²) < 4.78 is 5.26. The van der Waals surface area contributed by atoms with Gasteiger partial charge in [0, 0.05) is 24.1 Å². The van der Waals surface area contributed by atoms with Crippen molar-refractivity contribution in [2.24, 2.45) is 10.9 Å². The molecule has 0 saturated heterocycles. The van der Waals surface area contributed by atoms with E-state index in [1.807, 2.05) is 17.8 Å². The van der Waals surface area contributed by atoms with Crippen LogP contribution in [0.1, 0.15) is 31.2 Å². The SMILES string of the molecule is COCc1ccccc1NC1=NC2CCCCC2CS1. The van der Waals surface area contributed by atoms with Crippen LogP contribution in [0.15, 0.2) is 29.3 Å². The summed E-state index contributed by atoms with van der Waals surface area (Å²) in [6.45, 7) is 0.632. The first kappa shape index (κ1) is 14.0. The molecular formula is C16H22N2OS. The molecule has 20 heavy (non-hydrogen) atoms. The van der Waals surface area contributed by atoms with Crippen LogP contribution in [0.3, 0.4) is 0 Å². The van der Waals surface area contributed by atoms with E-state index < -0.39 is 0 Å². The van der Waals surface area contributed by atoms with E-state index in [9.17, 15) is 0 Å². The number of benzene rings is 1. The Kier molecular flexibility index (Phi) is 4.63. The largest absolute Gasteiger partial charge is 0.380 e. The van der Waals surface area contributed by atoms with Crippen LogP contribution in [-0.4, -0.2) is 24.1 Å². The van der Waals surface area contributed by atoms with Gasteiger partial charge < -0.3 is 10.1 Å². The number of thioether (sulfide) groups is 1. The Morgan fingerprint density at radius 1 is 1.30 bits per heavy atom. The van der Waals surface area contributed by atoms with Gasteiger partial charge in [0.15, 0.2) is 5.17 Å². The summed E-state index contributed by atoms with van der Waals surface area (Å²) >= 11 is 1.87. The molecule has 108 valence electrons. The van der Waals surface area contributed by atoms with Crippen molar-refractivity contribution in [1.82, 2.24) is 0 Å². The van der Waals surface area contributed by atoms with Gasteiger partial charge in [-0.25, -0.2) is 0 Å². The highest BCUT2D eigenvalue weighted by Gasteiger charge is 2.29. The van der Waals surface area contributed by atoms with Crippen LogP contribution in [0.25, 0.3) is 0 Å². The lowest BCUT2D eigenvalue weighted by Crippen LogP contribution is -2.31. The molecule has 4 heteroatoms. The molecule has 0 bridgehead atoms. The quantitative estimate of drug-likeness (QED) is 0.916. The molecule has 0 spiro atoms. The number of rotatable bonds is 3. The third-order valence-electron chi connectivity index (χ3n) is 4.14. The number of fused-ring (bicyclic) bond motifs is 1. The number of anilines is 1. The number of nitrogens with zero attached hydrogens (tertiary/aromatic N) is 1. The van der Waals surface area contributed by atoms with E-state index >= 15 is 0 Å². The fraction of sp³-hybridized carbons (Fsp3) is 0.562. The Morgan fingerprint density at radius 2 is 2.15 bits per heavy atom. The van der Waals surface area contributed by atoms with Crippen molar-refractivity contribution in [2.45, 2.75) is 38.3 Å². The van der Waals surface area contributed by atoms with E-state index in [-0.39, 0.29) is 0 Å². The van der Waals surface area contributed by atoms with E-state index in [2.05, 4.69) is 23.5 Å². The molecule has 3 nitrogen and oxygen atoms in total. The predicted molar refractivity (Wildman–Crippen MR) is 86.4 cm³/mol. The summed E-state index contributed by atoms with van der Waals surface area (Å²) in [5.41, 5.74) is 2.30. The number of amidine groups is 1. The molecule has 0 radical (unpaired) electrons. The molecule has 2 atom stereocenters. The van der Waals surface area contributed by atoms with Crippen molar-refractivity contribution in [3.8, 4) is 0 Å². The Hall–Kier alpha value is -1.000. The molecule has 3 rings (SSSR count). The fourth-order valence-corrected chi connectivity index (χ4v) is 4.19. The van der Waals surface area contributed by atoms with Gasteiger partial charge in [-0.15, -0.1) is 0 Å². The second-order valence-electron chi connectivity index (χ2n) is 5.57. The summed E-state index contributed by atoms with van der Waals surface area (Å²) in [6, 6.07) is 8.85. The normalized spacial score (nSPS) is 25.8. The van der Waals surface area contributed by atoms with Crippen molar-refractivity contribution in [1.29, 1.82) is 0 Å². The number of hydrogen-bond acceptors (Lipinski definition) is 4. The molecule has 2 unspecified atom stereocenters. The summed E-state index contributed by atoms with van der Waals surface area (Å²) in [5, 5.41) is 4.58. The van der Waals surface area contributed by atoms with Crippen molar-refractivity contribution in [3.63, 3.8) is 0 Å². The number of ether oxygens (including phenoxy) is 1. The molecule has 2 aliphatic rings. The third-order valence-corrected chi connectivity index (χ3v) is 5.22. The van der Waals surface area contributed by atoms with Crippen LogP contribution in [0.5, 0.6) is 0 Å². The predicted octanol–water partition coefficient (Wildman–Crippen LogP) is 3.91. The third kappa shape index (κ3) is 3.18. The number of aliphatic imine (C=N–C) groups is 1. The van der Waals surface area contributed by atoms with Gasteiger partial charge in [0.1, 0.15) is 0 Å². The molecular weight excluding hydrogens is 268 g/mol.